The number of hydrogen-bond acceptors (Lipinski definition) is 5. The highest BCUT2D eigenvalue weighted by molar-refractivity contribution is 7.17. The topological polar surface area (TPSA) is 58.4 Å². The zero-order valence-corrected chi connectivity index (χ0v) is 14.7. The van der Waals surface area contributed by atoms with Crippen LogP contribution in [0.25, 0.3) is 10.8 Å². The second-order valence-electron chi connectivity index (χ2n) is 6.14. The second-order valence-corrected chi connectivity index (χ2v) is 7.14. The summed E-state index contributed by atoms with van der Waals surface area (Å²) in [5.74, 6) is 2.38. The van der Waals surface area contributed by atoms with Crippen molar-refractivity contribution in [3.8, 4) is 10.8 Å². The van der Waals surface area contributed by atoms with Crippen molar-refractivity contribution < 1.29 is 9.21 Å². The van der Waals surface area contributed by atoms with E-state index >= 15 is 0 Å². The van der Waals surface area contributed by atoms with Gasteiger partial charge in [-0.15, -0.1) is 11.3 Å². The average Bonchev–Trinajstić information content (AvgIpc) is 3.14. The first-order valence-electron chi connectivity index (χ1n) is 8.06. The van der Waals surface area contributed by atoms with E-state index in [2.05, 4.69) is 10.3 Å². The quantitative estimate of drug-likeness (QED) is 0.934. The van der Waals surface area contributed by atoms with Gasteiger partial charge in [-0.25, -0.2) is 4.98 Å². The molecule has 3 heterocycles. The number of piperidine rings is 1. The predicted molar refractivity (Wildman–Crippen MR) is 91.8 cm³/mol. The van der Waals surface area contributed by atoms with Gasteiger partial charge < -0.3 is 14.6 Å². The number of carbonyl (C=O) groups is 1. The minimum absolute atomic E-state index is 0.109. The van der Waals surface area contributed by atoms with E-state index in [0.717, 1.165) is 59.6 Å². The number of carbonyl (C=O) groups excluding carboxylic acids is 1. The van der Waals surface area contributed by atoms with E-state index in [-0.39, 0.29) is 5.91 Å². The fourth-order valence-electron chi connectivity index (χ4n) is 3.02. The van der Waals surface area contributed by atoms with Crippen LogP contribution in [-0.4, -0.2) is 42.5 Å². The number of aryl methyl sites for hydroxylation is 2. The van der Waals surface area contributed by atoms with Gasteiger partial charge in [0.25, 0.3) is 5.91 Å². The fourth-order valence-corrected chi connectivity index (χ4v) is 4.02. The molecule has 1 amide bonds. The number of amides is 1. The van der Waals surface area contributed by atoms with Crippen LogP contribution in [0.15, 0.2) is 16.5 Å². The monoisotopic (exact) mass is 333 g/mol. The summed E-state index contributed by atoms with van der Waals surface area (Å²) in [5.41, 5.74) is 0.793. The lowest BCUT2D eigenvalue weighted by Gasteiger charge is -2.31. The maximum Gasteiger partial charge on any atom is 0.265 e. The molecule has 2 aromatic rings. The summed E-state index contributed by atoms with van der Waals surface area (Å²) in [7, 11) is 1.98. The van der Waals surface area contributed by atoms with Gasteiger partial charge >= 0.3 is 0 Å². The molecule has 124 valence electrons. The normalized spacial score (nSPS) is 16.0. The Morgan fingerprint density at radius 3 is 2.74 bits per heavy atom. The summed E-state index contributed by atoms with van der Waals surface area (Å²) in [6.45, 7) is 6.50. The van der Waals surface area contributed by atoms with Crippen molar-refractivity contribution in [2.75, 3.05) is 26.7 Å². The molecule has 1 saturated heterocycles. The maximum atomic E-state index is 12.8. The maximum absolute atomic E-state index is 12.8. The van der Waals surface area contributed by atoms with E-state index in [1.807, 2.05) is 37.9 Å². The third-order valence-electron chi connectivity index (χ3n) is 4.34. The smallest absolute Gasteiger partial charge is 0.265 e. The molecule has 0 spiro atoms. The van der Waals surface area contributed by atoms with Gasteiger partial charge in [0.15, 0.2) is 10.8 Å². The zero-order valence-electron chi connectivity index (χ0n) is 13.9. The van der Waals surface area contributed by atoms with Gasteiger partial charge in [-0.1, -0.05) is 0 Å². The Morgan fingerprint density at radius 1 is 1.39 bits per heavy atom. The molecule has 3 rings (SSSR count). The molecular weight excluding hydrogens is 310 g/mol. The molecule has 0 bridgehead atoms. The number of hydrogen-bond donors (Lipinski definition) is 1. The van der Waals surface area contributed by atoms with Gasteiger partial charge in [-0.05, 0) is 58.3 Å². The van der Waals surface area contributed by atoms with Crippen molar-refractivity contribution in [1.29, 1.82) is 0 Å². The van der Waals surface area contributed by atoms with Gasteiger partial charge in [0.05, 0.1) is 5.69 Å². The van der Waals surface area contributed by atoms with E-state index in [1.165, 1.54) is 11.3 Å². The van der Waals surface area contributed by atoms with Gasteiger partial charge in [-0.3, -0.25) is 4.79 Å². The van der Waals surface area contributed by atoms with Crippen LogP contribution in [0.4, 0.5) is 0 Å². The molecule has 0 unspecified atom stereocenters. The Bertz CT molecular complexity index is 684. The highest BCUT2D eigenvalue weighted by Gasteiger charge is 2.26. The lowest BCUT2D eigenvalue weighted by molar-refractivity contribution is 0.0695. The van der Waals surface area contributed by atoms with Crippen molar-refractivity contribution in [2.45, 2.75) is 26.7 Å². The first kappa shape index (κ1) is 16.2. The van der Waals surface area contributed by atoms with Crippen molar-refractivity contribution in [3.05, 3.63) is 28.5 Å². The first-order valence-corrected chi connectivity index (χ1v) is 8.88. The van der Waals surface area contributed by atoms with Crippen LogP contribution in [-0.2, 0) is 0 Å². The number of rotatable bonds is 4. The molecule has 5 nitrogen and oxygen atoms in total. The second kappa shape index (κ2) is 6.84. The Labute approximate surface area is 140 Å². The molecular formula is C17H23N3O2S. The van der Waals surface area contributed by atoms with E-state index in [9.17, 15) is 4.79 Å². The molecule has 0 radical (unpaired) electrons. The molecule has 2 aromatic heterocycles. The van der Waals surface area contributed by atoms with E-state index in [0.29, 0.717) is 5.92 Å². The molecule has 0 atom stereocenters. The van der Waals surface area contributed by atoms with Crippen molar-refractivity contribution >= 4 is 17.2 Å². The highest BCUT2D eigenvalue weighted by Crippen LogP contribution is 2.30. The fraction of sp³-hybridized carbons (Fsp3) is 0.529. The summed E-state index contributed by atoms with van der Waals surface area (Å²) < 4.78 is 5.62. The number of nitrogens with one attached hydrogen (secondary N) is 1. The van der Waals surface area contributed by atoms with Crippen LogP contribution in [0.2, 0.25) is 0 Å². The van der Waals surface area contributed by atoms with Crippen LogP contribution < -0.4 is 5.32 Å². The number of nitrogens with zero attached hydrogens (tertiary/aromatic N) is 2. The van der Waals surface area contributed by atoms with Crippen LogP contribution in [0, 0.1) is 19.8 Å². The van der Waals surface area contributed by atoms with Crippen molar-refractivity contribution in [2.24, 2.45) is 5.92 Å². The molecule has 1 fully saturated rings. The number of thiazole rings is 1. The average molecular weight is 333 g/mol. The Morgan fingerprint density at radius 2 is 2.13 bits per heavy atom. The minimum Gasteiger partial charge on any atom is -0.459 e. The number of furan rings is 1. The first-order chi connectivity index (χ1) is 11.1. The zero-order chi connectivity index (χ0) is 16.4. The van der Waals surface area contributed by atoms with Gasteiger partial charge in [-0.2, -0.15) is 0 Å². The predicted octanol–water partition coefficient (Wildman–Crippen LogP) is 3.09. The largest absolute Gasteiger partial charge is 0.459 e. The molecule has 0 saturated carbocycles. The third-order valence-corrected chi connectivity index (χ3v) is 5.50. The molecule has 1 aliphatic rings. The Balaban J connectivity index is 1.72. The lowest BCUT2D eigenvalue weighted by atomic mass is 9.97. The van der Waals surface area contributed by atoms with Crippen molar-refractivity contribution in [3.63, 3.8) is 0 Å². The van der Waals surface area contributed by atoms with Crippen LogP contribution in [0.5, 0.6) is 0 Å². The third kappa shape index (κ3) is 3.48. The Hall–Kier alpha value is -1.66. The minimum atomic E-state index is 0.109. The van der Waals surface area contributed by atoms with Gasteiger partial charge in [0.1, 0.15) is 10.6 Å². The standard InChI is InChI=1S/C17H23N3O2S/c1-11-4-5-14(22-11)16-19-12(2)15(23-16)17(21)20-8-6-13(7-9-20)10-18-3/h4-5,13,18H,6-10H2,1-3H3. The molecule has 1 N–H and O–H groups in total. The highest BCUT2D eigenvalue weighted by atomic mass is 32.1. The van der Waals surface area contributed by atoms with Crippen molar-refractivity contribution in [1.82, 2.24) is 15.2 Å². The molecule has 1 aliphatic heterocycles. The molecule has 0 aromatic carbocycles. The molecule has 0 aliphatic carbocycles. The van der Waals surface area contributed by atoms with E-state index in [4.69, 9.17) is 4.42 Å². The lowest BCUT2D eigenvalue weighted by Crippen LogP contribution is -2.40. The summed E-state index contributed by atoms with van der Waals surface area (Å²) in [5, 5.41) is 4.01. The SMILES string of the molecule is CNCC1CCN(C(=O)c2sc(-c3ccc(C)o3)nc2C)CC1. The Kier molecular flexibility index (Phi) is 4.82. The van der Waals surface area contributed by atoms with Crippen LogP contribution in [0.3, 0.4) is 0 Å². The summed E-state index contributed by atoms with van der Waals surface area (Å²) in [6.07, 6.45) is 2.13. The van der Waals surface area contributed by atoms with Crippen LogP contribution in [0.1, 0.15) is 34.0 Å². The summed E-state index contributed by atoms with van der Waals surface area (Å²) >= 11 is 1.43. The molecule has 23 heavy (non-hydrogen) atoms. The van der Waals surface area contributed by atoms with E-state index in [1.54, 1.807) is 0 Å². The van der Waals surface area contributed by atoms with Crippen LogP contribution >= 0.6 is 11.3 Å². The number of likely N-dealkylation sites (tertiary alicyclic amines) is 1. The van der Waals surface area contributed by atoms with Gasteiger partial charge in [0.2, 0.25) is 0 Å². The van der Waals surface area contributed by atoms with E-state index < -0.39 is 0 Å². The summed E-state index contributed by atoms with van der Waals surface area (Å²) in [6, 6.07) is 3.82. The summed E-state index contributed by atoms with van der Waals surface area (Å²) in [4.78, 5) is 20.0. The number of aromatic nitrogens is 1. The molecule has 6 heteroatoms. The van der Waals surface area contributed by atoms with Gasteiger partial charge in [0, 0.05) is 13.1 Å².